The van der Waals surface area contributed by atoms with E-state index < -0.39 is 0 Å². The lowest BCUT2D eigenvalue weighted by Crippen LogP contribution is -2.41. The Morgan fingerprint density at radius 1 is 1.47 bits per heavy atom. The van der Waals surface area contributed by atoms with E-state index in [0.29, 0.717) is 13.2 Å². The molecular formula is C14H20N2O3. The molecule has 0 radical (unpaired) electrons. The maximum atomic E-state index is 12.1. The van der Waals surface area contributed by atoms with Gasteiger partial charge in [-0.3, -0.25) is 4.79 Å². The summed E-state index contributed by atoms with van der Waals surface area (Å²) in [5.41, 5.74) is 6.79. The highest BCUT2D eigenvalue weighted by Crippen LogP contribution is 2.25. The zero-order chi connectivity index (χ0) is 13.8. The van der Waals surface area contributed by atoms with Crippen LogP contribution in [0, 0.1) is 5.92 Å². The molecule has 104 valence electrons. The number of para-hydroxylation sites is 1. The van der Waals surface area contributed by atoms with Gasteiger partial charge in [0.2, 0.25) is 5.91 Å². The predicted octanol–water partition coefficient (Wildman–Crippen LogP) is 0.846. The molecule has 3 N–H and O–H groups in total. The van der Waals surface area contributed by atoms with Crippen LogP contribution in [0.5, 0.6) is 5.75 Å². The van der Waals surface area contributed by atoms with Crippen LogP contribution >= 0.6 is 0 Å². The number of methoxy groups -OCH3 is 1. The number of carbonyl (C=O) groups is 1. The van der Waals surface area contributed by atoms with Gasteiger partial charge in [-0.15, -0.1) is 0 Å². The van der Waals surface area contributed by atoms with Gasteiger partial charge in [0.1, 0.15) is 5.75 Å². The van der Waals surface area contributed by atoms with Gasteiger partial charge in [-0.25, -0.2) is 0 Å². The molecule has 1 amide bonds. The fourth-order valence-corrected chi connectivity index (χ4v) is 2.26. The molecule has 2 unspecified atom stereocenters. The summed E-state index contributed by atoms with van der Waals surface area (Å²) in [5, 5.41) is 2.96. The van der Waals surface area contributed by atoms with E-state index >= 15 is 0 Å². The van der Waals surface area contributed by atoms with Crippen LogP contribution in [-0.2, 0) is 9.53 Å². The third-order valence-electron chi connectivity index (χ3n) is 3.43. The minimum absolute atomic E-state index is 0.0663. The Morgan fingerprint density at radius 3 is 2.84 bits per heavy atom. The lowest BCUT2D eigenvalue weighted by atomic mass is 10.0. The standard InChI is InChI=1S/C14H20N2O3/c1-9(10-5-3-4-6-13(10)18-2)16-14(17)11-7-19-8-12(11)15/h3-6,9,11-12H,7-8,15H2,1-2H3,(H,16,17)/t9-,11?,12?/m0/s1. The quantitative estimate of drug-likeness (QED) is 0.845. The first-order chi connectivity index (χ1) is 9.13. The SMILES string of the molecule is COc1ccccc1[C@H](C)NC(=O)C1COCC1N. The maximum absolute atomic E-state index is 12.1. The molecule has 1 aromatic rings. The summed E-state index contributed by atoms with van der Waals surface area (Å²) in [4.78, 5) is 12.1. The minimum Gasteiger partial charge on any atom is -0.496 e. The summed E-state index contributed by atoms with van der Waals surface area (Å²) in [6.45, 7) is 2.77. The fourth-order valence-electron chi connectivity index (χ4n) is 2.26. The smallest absolute Gasteiger partial charge is 0.227 e. The molecule has 3 atom stereocenters. The Labute approximate surface area is 113 Å². The molecule has 5 heteroatoms. The molecule has 0 saturated carbocycles. The summed E-state index contributed by atoms with van der Waals surface area (Å²) in [5.74, 6) is 0.433. The van der Waals surface area contributed by atoms with Gasteiger partial charge in [-0.1, -0.05) is 18.2 Å². The van der Waals surface area contributed by atoms with Gasteiger partial charge in [0.25, 0.3) is 0 Å². The number of rotatable bonds is 4. The van der Waals surface area contributed by atoms with Gasteiger partial charge < -0.3 is 20.5 Å². The summed E-state index contributed by atoms with van der Waals surface area (Å²) in [6.07, 6.45) is 0. The normalized spacial score (nSPS) is 23.9. The molecule has 1 aromatic carbocycles. The van der Waals surface area contributed by atoms with Crippen molar-refractivity contribution in [3.8, 4) is 5.75 Å². The third kappa shape index (κ3) is 3.05. The molecule has 1 fully saturated rings. The largest absolute Gasteiger partial charge is 0.496 e. The van der Waals surface area contributed by atoms with Gasteiger partial charge in [-0.05, 0) is 13.0 Å². The van der Waals surface area contributed by atoms with Crippen molar-refractivity contribution in [3.63, 3.8) is 0 Å². The summed E-state index contributed by atoms with van der Waals surface area (Å²) >= 11 is 0. The molecule has 2 rings (SSSR count). The number of benzene rings is 1. The van der Waals surface area contributed by atoms with Crippen molar-refractivity contribution in [1.29, 1.82) is 0 Å². The van der Waals surface area contributed by atoms with Crippen LogP contribution in [0.25, 0.3) is 0 Å². The summed E-state index contributed by atoms with van der Waals surface area (Å²) < 4.78 is 10.5. The first kappa shape index (κ1) is 13.8. The van der Waals surface area contributed by atoms with Gasteiger partial charge >= 0.3 is 0 Å². The number of carbonyl (C=O) groups excluding carboxylic acids is 1. The zero-order valence-corrected chi connectivity index (χ0v) is 11.3. The van der Waals surface area contributed by atoms with E-state index in [9.17, 15) is 4.79 Å². The average Bonchev–Trinajstić information content (AvgIpc) is 2.85. The number of amides is 1. The Morgan fingerprint density at radius 2 is 2.21 bits per heavy atom. The minimum atomic E-state index is -0.267. The maximum Gasteiger partial charge on any atom is 0.227 e. The topological polar surface area (TPSA) is 73.6 Å². The molecule has 0 aromatic heterocycles. The second kappa shape index (κ2) is 6.04. The van der Waals surface area contributed by atoms with E-state index in [4.69, 9.17) is 15.2 Å². The lowest BCUT2D eigenvalue weighted by molar-refractivity contribution is -0.125. The molecule has 19 heavy (non-hydrogen) atoms. The highest BCUT2D eigenvalue weighted by atomic mass is 16.5. The molecule has 1 saturated heterocycles. The van der Waals surface area contributed by atoms with Crippen LogP contribution in [0.2, 0.25) is 0 Å². The lowest BCUT2D eigenvalue weighted by Gasteiger charge is -2.20. The molecular weight excluding hydrogens is 244 g/mol. The average molecular weight is 264 g/mol. The van der Waals surface area contributed by atoms with Crippen LogP contribution in [0.15, 0.2) is 24.3 Å². The van der Waals surface area contributed by atoms with Crippen molar-refractivity contribution in [3.05, 3.63) is 29.8 Å². The second-order valence-electron chi connectivity index (χ2n) is 4.78. The summed E-state index contributed by atoms with van der Waals surface area (Å²) in [6, 6.07) is 7.29. The number of nitrogens with one attached hydrogen (secondary N) is 1. The van der Waals surface area contributed by atoms with Crippen LogP contribution in [0.1, 0.15) is 18.5 Å². The first-order valence-electron chi connectivity index (χ1n) is 6.40. The number of hydrogen-bond donors (Lipinski definition) is 2. The molecule has 0 bridgehead atoms. The Balaban J connectivity index is 2.04. The van der Waals surface area contributed by atoms with Gasteiger partial charge in [0.05, 0.1) is 32.3 Å². The summed E-state index contributed by atoms with van der Waals surface area (Å²) in [7, 11) is 1.62. The van der Waals surface area contributed by atoms with Gasteiger partial charge in [0.15, 0.2) is 0 Å². The van der Waals surface area contributed by atoms with E-state index in [0.717, 1.165) is 11.3 Å². The van der Waals surface area contributed by atoms with E-state index in [1.54, 1.807) is 7.11 Å². The van der Waals surface area contributed by atoms with Gasteiger partial charge in [-0.2, -0.15) is 0 Å². The van der Waals surface area contributed by atoms with Crippen molar-refractivity contribution in [2.75, 3.05) is 20.3 Å². The van der Waals surface area contributed by atoms with Crippen molar-refractivity contribution in [2.24, 2.45) is 11.7 Å². The van der Waals surface area contributed by atoms with Crippen molar-refractivity contribution < 1.29 is 14.3 Å². The van der Waals surface area contributed by atoms with E-state index in [-0.39, 0.29) is 23.9 Å². The molecule has 1 aliphatic rings. The van der Waals surface area contributed by atoms with Crippen molar-refractivity contribution in [1.82, 2.24) is 5.32 Å². The van der Waals surface area contributed by atoms with Crippen LogP contribution in [0.3, 0.4) is 0 Å². The van der Waals surface area contributed by atoms with Crippen molar-refractivity contribution >= 4 is 5.91 Å². The number of ether oxygens (including phenoxy) is 2. The highest BCUT2D eigenvalue weighted by molar-refractivity contribution is 5.80. The highest BCUT2D eigenvalue weighted by Gasteiger charge is 2.32. The molecule has 1 aliphatic heterocycles. The van der Waals surface area contributed by atoms with Crippen LogP contribution < -0.4 is 15.8 Å². The Hall–Kier alpha value is -1.59. The Kier molecular flexibility index (Phi) is 4.39. The number of nitrogens with two attached hydrogens (primary N) is 1. The molecule has 0 spiro atoms. The van der Waals surface area contributed by atoms with Crippen LogP contribution in [0.4, 0.5) is 0 Å². The first-order valence-corrected chi connectivity index (χ1v) is 6.40. The predicted molar refractivity (Wildman–Crippen MR) is 71.8 cm³/mol. The van der Waals surface area contributed by atoms with Gasteiger partial charge in [0, 0.05) is 11.6 Å². The third-order valence-corrected chi connectivity index (χ3v) is 3.43. The van der Waals surface area contributed by atoms with E-state index in [1.165, 1.54) is 0 Å². The molecule has 0 aliphatic carbocycles. The molecule has 5 nitrogen and oxygen atoms in total. The van der Waals surface area contributed by atoms with Crippen molar-refractivity contribution in [2.45, 2.75) is 19.0 Å². The fraction of sp³-hybridized carbons (Fsp3) is 0.500. The number of hydrogen-bond acceptors (Lipinski definition) is 4. The Bertz CT molecular complexity index is 450. The monoisotopic (exact) mass is 264 g/mol. The molecule has 1 heterocycles. The van der Waals surface area contributed by atoms with Crippen LogP contribution in [-0.4, -0.2) is 32.3 Å². The second-order valence-corrected chi connectivity index (χ2v) is 4.78. The van der Waals surface area contributed by atoms with E-state index in [1.807, 2.05) is 31.2 Å². The zero-order valence-electron chi connectivity index (χ0n) is 11.3. The van der Waals surface area contributed by atoms with E-state index in [2.05, 4.69) is 5.32 Å².